The first-order valence-electron chi connectivity index (χ1n) is 10.8. The number of para-hydroxylation sites is 2. The fourth-order valence-corrected chi connectivity index (χ4v) is 5.09. The minimum absolute atomic E-state index is 0.107. The van der Waals surface area contributed by atoms with E-state index in [2.05, 4.69) is 28.3 Å². The van der Waals surface area contributed by atoms with Crippen LogP contribution in [0.25, 0.3) is 0 Å². The second kappa shape index (κ2) is 8.50. The molecule has 0 saturated heterocycles. The van der Waals surface area contributed by atoms with Gasteiger partial charge in [-0.15, -0.1) is 16.8 Å². The summed E-state index contributed by atoms with van der Waals surface area (Å²) < 4.78 is 16.2. The number of rotatable bonds is 8. The Morgan fingerprint density at radius 1 is 1.25 bits per heavy atom. The molecule has 1 saturated carbocycles. The van der Waals surface area contributed by atoms with Gasteiger partial charge in [0.1, 0.15) is 6.61 Å². The molecule has 2 aliphatic rings. The van der Waals surface area contributed by atoms with Crippen LogP contribution in [-0.2, 0) is 6.54 Å². The molecule has 32 heavy (non-hydrogen) atoms. The molecule has 8 heteroatoms. The topological polar surface area (TPSA) is 71.2 Å². The molecular weight excluding hydrogens is 424 g/mol. The number of hydrogen-bond acceptors (Lipinski definition) is 6. The Labute approximate surface area is 191 Å². The van der Waals surface area contributed by atoms with E-state index in [0.29, 0.717) is 41.7 Å². The maximum Gasteiger partial charge on any atom is 0.192 e. The van der Waals surface area contributed by atoms with Gasteiger partial charge in [0, 0.05) is 29.5 Å². The predicted molar refractivity (Wildman–Crippen MR) is 123 cm³/mol. The zero-order chi connectivity index (χ0) is 22.2. The SMILES string of the molecule is C=CCn1c(SCC(=O)c2cc(C)n(C3CC3)c2C)nnc1[C@H]1COc2ccccc2O1. The lowest BCUT2D eigenvalue weighted by Crippen LogP contribution is -2.25. The number of ketones is 1. The lowest BCUT2D eigenvalue weighted by molar-refractivity contribution is 0.0821. The number of hydrogen-bond donors (Lipinski definition) is 0. The number of carbonyl (C=O) groups is 1. The Balaban J connectivity index is 1.33. The van der Waals surface area contributed by atoms with Crippen molar-refractivity contribution in [1.82, 2.24) is 19.3 Å². The van der Waals surface area contributed by atoms with Crippen molar-refractivity contribution in [3.05, 3.63) is 65.8 Å². The maximum absolute atomic E-state index is 13.0. The fraction of sp³-hybridized carbons (Fsp3) is 0.375. The highest BCUT2D eigenvalue weighted by Crippen LogP contribution is 2.39. The summed E-state index contributed by atoms with van der Waals surface area (Å²) in [6.07, 6.45) is 3.81. The molecule has 0 amide bonds. The number of thioether (sulfide) groups is 1. The van der Waals surface area contributed by atoms with Crippen LogP contribution in [0.15, 0.2) is 48.1 Å². The van der Waals surface area contributed by atoms with Crippen molar-refractivity contribution in [2.75, 3.05) is 12.4 Å². The third-order valence-electron chi connectivity index (χ3n) is 5.88. The van der Waals surface area contributed by atoms with E-state index in [0.717, 1.165) is 22.7 Å². The summed E-state index contributed by atoms with van der Waals surface area (Å²) >= 11 is 1.39. The molecule has 1 fully saturated rings. The summed E-state index contributed by atoms with van der Waals surface area (Å²) in [7, 11) is 0. The lowest BCUT2D eigenvalue weighted by Gasteiger charge is -2.26. The molecule has 0 radical (unpaired) electrons. The van der Waals surface area contributed by atoms with Crippen LogP contribution in [0, 0.1) is 13.8 Å². The second-order valence-electron chi connectivity index (χ2n) is 8.20. The molecule has 3 heterocycles. The first-order chi connectivity index (χ1) is 15.6. The zero-order valence-electron chi connectivity index (χ0n) is 18.3. The third-order valence-corrected chi connectivity index (χ3v) is 6.85. The van der Waals surface area contributed by atoms with Gasteiger partial charge < -0.3 is 14.0 Å². The maximum atomic E-state index is 13.0. The van der Waals surface area contributed by atoms with Crippen molar-refractivity contribution < 1.29 is 14.3 Å². The predicted octanol–water partition coefficient (Wildman–Crippen LogP) is 4.70. The van der Waals surface area contributed by atoms with E-state index < -0.39 is 0 Å². The number of Topliss-reactive ketones (excluding diaryl/α,β-unsaturated/α-hetero) is 1. The van der Waals surface area contributed by atoms with Gasteiger partial charge in [0.2, 0.25) is 0 Å². The molecule has 5 rings (SSSR count). The molecule has 0 unspecified atom stereocenters. The minimum atomic E-state index is -0.375. The molecule has 2 aromatic heterocycles. The highest BCUT2D eigenvalue weighted by atomic mass is 32.2. The Morgan fingerprint density at radius 3 is 2.78 bits per heavy atom. The smallest absolute Gasteiger partial charge is 0.192 e. The van der Waals surface area contributed by atoms with Crippen LogP contribution in [0.2, 0.25) is 0 Å². The van der Waals surface area contributed by atoms with E-state index in [-0.39, 0.29) is 11.9 Å². The Kier molecular flexibility index (Phi) is 5.55. The van der Waals surface area contributed by atoms with E-state index in [1.54, 1.807) is 6.08 Å². The van der Waals surface area contributed by atoms with E-state index in [4.69, 9.17) is 9.47 Å². The summed E-state index contributed by atoms with van der Waals surface area (Å²) in [5.41, 5.74) is 3.03. The second-order valence-corrected chi connectivity index (χ2v) is 9.14. The first-order valence-corrected chi connectivity index (χ1v) is 11.8. The van der Waals surface area contributed by atoms with Gasteiger partial charge in [-0.2, -0.15) is 0 Å². The van der Waals surface area contributed by atoms with E-state index >= 15 is 0 Å². The molecule has 3 aromatic rings. The molecule has 1 aromatic carbocycles. The molecule has 166 valence electrons. The number of aryl methyl sites for hydroxylation is 1. The van der Waals surface area contributed by atoms with Crippen LogP contribution in [0.5, 0.6) is 11.5 Å². The average Bonchev–Trinajstić information content (AvgIpc) is 3.48. The number of benzene rings is 1. The third kappa shape index (κ3) is 3.83. The summed E-state index contributed by atoms with van der Waals surface area (Å²) in [6.45, 7) is 8.85. The summed E-state index contributed by atoms with van der Waals surface area (Å²) in [5.74, 6) is 2.49. The van der Waals surface area contributed by atoms with Crippen LogP contribution in [0.3, 0.4) is 0 Å². The van der Waals surface area contributed by atoms with Crippen LogP contribution >= 0.6 is 11.8 Å². The molecule has 1 aliphatic heterocycles. The molecular formula is C24H26N4O3S. The standard InChI is InChI=1S/C24H26N4O3S/c1-4-11-27-23(22-13-30-20-7-5-6-8-21(20)31-22)25-26-24(27)32-14-19(29)18-12-15(2)28(16(18)3)17-9-10-17/h4-8,12,17,22H,1,9-11,13-14H2,2-3H3/t22-/m1/s1. The fourth-order valence-electron chi connectivity index (χ4n) is 4.25. The van der Waals surface area contributed by atoms with Gasteiger partial charge in [-0.3, -0.25) is 9.36 Å². The monoisotopic (exact) mass is 450 g/mol. The van der Waals surface area contributed by atoms with Crippen LogP contribution in [0.4, 0.5) is 0 Å². The molecule has 0 bridgehead atoms. The number of allylic oxidation sites excluding steroid dienone is 1. The molecule has 1 aliphatic carbocycles. The Morgan fingerprint density at radius 2 is 2.03 bits per heavy atom. The van der Waals surface area contributed by atoms with Crippen LogP contribution in [0.1, 0.15) is 52.6 Å². The minimum Gasteiger partial charge on any atom is -0.485 e. The lowest BCUT2D eigenvalue weighted by atomic mass is 10.2. The molecule has 0 N–H and O–H groups in total. The van der Waals surface area contributed by atoms with Crippen LogP contribution in [-0.4, -0.2) is 37.5 Å². The summed E-state index contributed by atoms with van der Waals surface area (Å²) in [5, 5.41) is 9.40. The quantitative estimate of drug-likeness (QED) is 0.281. The molecule has 0 spiro atoms. The van der Waals surface area contributed by atoms with Crippen molar-refractivity contribution in [2.45, 2.75) is 50.5 Å². The normalized spacial score (nSPS) is 17.4. The van der Waals surface area contributed by atoms with E-state index in [1.165, 1.54) is 24.6 Å². The van der Waals surface area contributed by atoms with Crippen molar-refractivity contribution in [2.24, 2.45) is 0 Å². The first kappa shape index (κ1) is 20.9. The number of ether oxygens (including phenoxy) is 2. The number of carbonyl (C=O) groups excluding carboxylic acids is 1. The molecule has 1 atom stereocenters. The zero-order valence-corrected chi connectivity index (χ0v) is 19.1. The van der Waals surface area contributed by atoms with E-state index in [1.807, 2.05) is 41.8 Å². The highest BCUT2D eigenvalue weighted by Gasteiger charge is 2.30. The Hall–Kier alpha value is -3.00. The van der Waals surface area contributed by atoms with Gasteiger partial charge in [0.25, 0.3) is 0 Å². The van der Waals surface area contributed by atoms with Crippen LogP contribution < -0.4 is 9.47 Å². The van der Waals surface area contributed by atoms with E-state index in [9.17, 15) is 4.79 Å². The van der Waals surface area contributed by atoms with Gasteiger partial charge in [-0.05, 0) is 44.9 Å². The summed E-state index contributed by atoms with van der Waals surface area (Å²) in [4.78, 5) is 13.0. The van der Waals surface area contributed by atoms with Crippen molar-refractivity contribution >= 4 is 17.5 Å². The van der Waals surface area contributed by atoms with Gasteiger partial charge in [0.15, 0.2) is 34.4 Å². The highest BCUT2D eigenvalue weighted by molar-refractivity contribution is 7.99. The Bertz CT molecular complexity index is 1180. The van der Waals surface area contributed by atoms with Crippen molar-refractivity contribution in [3.8, 4) is 11.5 Å². The van der Waals surface area contributed by atoms with Gasteiger partial charge >= 0.3 is 0 Å². The largest absolute Gasteiger partial charge is 0.485 e. The van der Waals surface area contributed by atoms with Gasteiger partial charge in [-0.25, -0.2) is 0 Å². The molecule has 7 nitrogen and oxygen atoms in total. The summed E-state index contributed by atoms with van der Waals surface area (Å²) in [6, 6.07) is 10.2. The number of aromatic nitrogens is 4. The average molecular weight is 451 g/mol. The number of nitrogens with zero attached hydrogens (tertiary/aromatic N) is 4. The number of fused-ring (bicyclic) bond motifs is 1. The van der Waals surface area contributed by atoms with Crippen molar-refractivity contribution in [1.29, 1.82) is 0 Å². The van der Waals surface area contributed by atoms with Gasteiger partial charge in [0.05, 0.1) is 5.75 Å². The van der Waals surface area contributed by atoms with Gasteiger partial charge in [-0.1, -0.05) is 30.0 Å². The van der Waals surface area contributed by atoms with Crippen molar-refractivity contribution in [3.63, 3.8) is 0 Å².